The van der Waals surface area contributed by atoms with Gasteiger partial charge in [-0.25, -0.2) is 9.37 Å². The molecule has 1 unspecified atom stereocenters. The quantitative estimate of drug-likeness (QED) is 0.404. The highest BCUT2D eigenvalue weighted by atomic mass is 19.1. The Bertz CT molecular complexity index is 1200. The Morgan fingerprint density at radius 3 is 2.59 bits per heavy atom. The molecule has 32 heavy (non-hydrogen) atoms. The predicted molar refractivity (Wildman–Crippen MR) is 124 cm³/mol. The van der Waals surface area contributed by atoms with E-state index >= 15 is 0 Å². The Kier molecular flexibility index (Phi) is 6.28. The van der Waals surface area contributed by atoms with E-state index in [0.29, 0.717) is 17.9 Å². The summed E-state index contributed by atoms with van der Waals surface area (Å²) in [5, 5.41) is 6.16. The van der Waals surface area contributed by atoms with E-state index in [-0.39, 0.29) is 17.8 Å². The smallest absolute Gasteiger partial charge is 0.253 e. The minimum absolute atomic E-state index is 0.195. The fourth-order valence-corrected chi connectivity index (χ4v) is 3.43. The van der Waals surface area contributed by atoms with E-state index in [2.05, 4.69) is 15.6 Å². The van der Waals surface area contributed by atoms with Crippen molar-refractivity contribution >= 4 is 17.4 Å². The molecule has 2 heterocycles. The Hall–Kier alpha value is -3.97. The number of aromatic nitrogens is 2. The predicted octanol–water partition coefficient (Wildman–Crippen LogP) is 4.49. The largest absolute Gasteiger partial charge is 0.344 e. The summed E-state index contributed by atoms with van der Waals surface area (Å²) < 4.78 is 15.0. The van der Waals surface area contributed by atoms with Gasteiger partial charge in [-0.05, 0) is 48.4 Å². The molecule has 162 valence electrons. The van der Waals surface area contributed by atoms with Gasteiger partial charge in [-0.1, -0.05) is 30.3 Å². The van der Waals surface area contributed by atoms with Gasteiger partial charge in [0.1, 0.15) is 11.6 Å². The van der Waals surface area contributed by atoms with Crippen molar-refractivity contribution in [2.24, 2.45) is 5.73 Å². The monoisotopic (exact) mass is 429 g/mol. The number of amides is 1. The number of aryl methyl sites for hydroxylation is 1. The summed E-state index contributed by atoms with van der Waals surface area (Å²) in [6.07, 6.45) is 5.36. The van der Waals surface area contributed by atoms with Crippen LogP contribution in [0.1, 0.15) is 27.5 Å². The number of hydrogen-bond donors (Lipinski definition) is 3. The van der Waals surface area contributed by atoms with E-state index in [9.17, 15) is 9.18 Å². The first-order valence-corrected chi connectivity index (χ1v) is 10.3. The van der Waals surface area contributed by atoms with Crippen molar-refractivity contribution in [1.29, 1.82) is 0 Å². The number of carbonyl (C=O) groups excluding carboxylic acids is 1. The van der Waals surface area contributed by atoms with E-state index in [1.165, 1.54) is 12.1 Å². The van der Waals surface area contributed by atoms with Gasteiger partial charge in [-0.15, -0.1) is 0 Å². The van der Waals surface area contributed by atoms with Crippen LogP contribution in [0.5, 0.6) is 0 Å². The van der Waals surface area contributed by atoms with Crippen molar-refractivity contribution in [1.82, 2.24) is 14.9 Å². The Morgan fingerprint density at radius 1 is 1.12 bits per heavy atom. The van der Waals surface area contributed by atoms with Crippen LogP contribution in [-0.2, 0) is 0 Å². The molecule has 2 aromatic carbocycles. The first kappa shape index (κ1) is 21.3. The highest BCUT2D eigenvalue weighted by Crippen LogP contribution is 2.22. The van der Waals surface area contributed by atoms with Crippen LogP contribution in [0.25, 0.3) is 5.69 Å². The molecule has 0 aliphatic rings. The van der Waals surface area contributed by atoms with Gasteiger partial charge in [-0.2, -0.15) is 0 Å². The van der Waals surface area contributed by atoms with Crippen LogP contribution in [0, 0.1) is 12.7 Å². The van der Waals surface area contributed by atoms with Crippen molar-refractivity contribution in [3.05, 3.63) is 108 Å². The number of rotatable bonds is 7. The lowest BCUT2D eigenvalue weighted by molar-refractivity contribution is 0.0938. The number of nitrogens with one attached hydrogen (secondary N) is 2. The molecule has 0 spiro atoms. The van der Waals surface area contributed by atoms with Crippen molar-refractivity contribution < 1.29 is 9.18 Å². The van der Waals surface area contributed by atoms with Gasteiger partial charge in [0.2, 0.25) is 0 Å². The number of anilines is 2. The Labute approximate surface area is 185 Å². The van der Waals surface area contributed by atoms with E-state index in [4.69, 9.17) is 5.73 Å². The normalized spacial score (nSPS) is 11.7. The first-order chi connectivity index (χ1) is 15.5. The molecule has 4 N–H and O–H groups in total. The van der Waals surface area contributed by atoms with Crippen LogP contribution < -0.4 is 16.4 Å². The van der Waals surface area contributed by atoms with E-state index < -0.39 is 0 Å². The molecule has 0 aliphatic carbocycles. The highest BCUT2D eigenvalue weighted by Gasteiger charge is 2.16. The molecule has 6 nitrogen and oxygen atoms in total. The van der Waals surface area contributed by atoms with Gasteiger partial charge in [-0.3, -0.25) is 4.79 Å². The van der Waals surface area contributed by atoms with Gasteiger partial charge in [0, 0.05) is 36.9 Å². The molecular weight excluding hydrogens is 405 g/mol. The number of benzene rings is 2. The minimum atomic E-state index is -0.296. The van der Waals surface area contributed by atoms with Gasteiger partial charge < -0.3 is 20.9 Å². The number of nitrogens with two attached hydrogens (primary N) is 1. The highest BCUT2D eigenvalue weighted by molar-refractivity contribution is 5.94. The Morgan fingerprint density at radius 2 is 1.88 bits per heavy atom. The van der Waals surface area contributed by atoms with E-state index in [1.807, 2.05) is 54.1 Å². The maximum atomic E-state index is 13.1. The van der Waals surface area contributed by atoms with Crippen LogP contribution in [0.2, 0.25) is 0 Å². The van der Waals surface area contributed by atoms with Gasteiger partial charge in [0.05, 0.1) is 17.3 Å². The SMILES string of the molecule is Cc1cnc(Nc2ccc(F)cc2)cc1-n1ccc(C(=O)NC(CN)c2ccccc2)c1. The van der Waals surface area contributed by atoms with Crippen molar-refractivity contribution in [2.75, 3.05) is 11.9 Å². The zero-order chi connectivity index (χ0) is 22.5. The number of halogens is 1. The number of nitrogens with zero attached hydrogens (tertiary/aromatic N) is 2. The second kappa shape index (κ2) is 9.45. The third-order valence-electron chi connectivity index (χ3n) is 5.17. The molecule has 7 heteroatoms. The van der Waals surface area contributed by atoms with Crippen LogP contribution >= 0.6 is 0 Å². The molecule has 2 aromatic heterocycles. The molecule has 0 radical (unpaired) electrons. The summed E-state index contributed by atoms with van der Waals surface area (Å²) in [4.78, 5) is 17.2. The van der Waals surface area contributed by atoms with Gasteiger partial charge in [0.25, 0.3) is 5.91 Å². The molecule has 4 rings (SSSR count). The maximum Gasteiger partial charge on any atom is 0.253 e. The lowest BCUT2D eigenvalue weighted by Crippen LogP contribution is -2.33. The van der Waals surface area contributed by atoms with Gasteiger partial charge >= 0.3 is 0 Å². The van der Waals surface area contributed by atoms with E-state index in [0.717, 1.165) is 22.5 Å². The minimum Gasteiger partial charge on any atom is -0.344 e. The van der Waals surface area contributed by atoms with Gasteiger partial charge in [0.15, 0.2) is 0 Å². The summed E-state index contributed by atoms with van der Waals surface area (Å²) in [5.74, 6) is 0.124. The number of carbonyl (C=O) groups is 1. The van der Waals surface area contributed by atoms with Crippen LogP contribution in [0.4, 0.5) is 15.9 Å². The molecule has 0 aliphatic heterocycles. The fourth-order valence-electron chi connectivity index (χ4n) is 3.43. The average molecular weight is 429 g/mol. The fraction of sp³-hybridized carbons (Fsp3) is 0.120. The Balaban J connectivity index is 1.52. The summed E-state index contributed by atoms with van der Waals surface area (Å²) in [7, 11) is 0. The molecule has 4 aromatic rings. The number of hydrogen-bond acceptors (Lipinski definition) is 4. The molecular formula is C25H24FN5O. The molecule has 0 saturated heterocycles. The maximum absolute atomic E-state index is 13.1. The third-order valence-corrected chi connectivity index (χ3v) is 5.17. The topological polar surface area (TPSA) is 85.0 Å². The van der Waals surface area contributed by atoms with Crippen molar-refractivity contribution in [2.45, 2.75) is 13.0 Å². The average Bonchev–Trinajstić information content (AvgIpc) is 3.31. The molecule has 0 bridgehead atoms. The third kappa shape index (κ3) is 4.84. The number of pyridine rings is 1. The standard InChI is InChI=1S/C25H24FN5O/c1-17-15-28-24(29-21-9-7-20(26)8-10-21)13-23(17)31-12-11-19(16-31)25(32)30-22(14-27)18-5-3-2-4-6-18/h2-13,15-16,22H,14,27H2,1H3,(H,28,29)(H,30,32). The van der Waals surface area contributed by atoms with E-state index in [1.54, 1.807) is 30.6 Å². The lowest BCUT2D eigenvalue weighted by Gasteiger charge is -2.16. The zero-order valence-electron chi connectivity index (χ0n) is 17.6. The zero-order valence-corrected chi connectivity index (χ0v) is 17.6. The van der Waals surface area contributed by atoms with Crippen LogP contribution in [0.3, 0.4) is 0 Å². The second-order valence-electron chi connectivity index (χ2n) is 7.47. The van der Waals surface area contributed by atoms with Crippen molar-refractivity contribution in [3.8, 4) is 5.69 Å². The summed E-state index contributed by atoms with van der Waals surface area (Å²) >= 11 is 0. The molecule has 0 fully saturated rings. The van der Waals surface area contributed by atoms with Crippen molar-refractivity contribution in [3.63, 3.8) is 0 Å². The second-order valence-corrected chi connectivity index (χ2v) is 7.47. The van der Waals surface area contributed by atoms with Crippen LogP contribution in [0.15, 0.2) is 85.3 Å². The van der Waals surface area contributed by atoms with Crippen LogP contribution in [-0.4, -0.2) is 22.0 Å². The first-order valence-electron chi connectivity index (χ1n) is 10.3. The molecule has 1 amide bonds. The molecule has 1 atom stereocenters. The summed E-state index contributed by atoms with van der Waals surface area (Å²) in [6.45, 7) is 2.25. The summed E-state index contributed by atoms with van der Waals surface area (Å²) in [6, 6.07) is 19.1. The lowest BCUT2D eigenvalue weighted by atomic mass is 10.1. The molecule has 0 saturated carbocycles. The summed E-state index contributed by atoms with van der Waals surface area (Å²) in [5.41, 5.74) is 9.93.